The Bertz CT molecular complexity index is 737. The van der Waals surface area contributed by atoms with Gasteiger partial charge in [0.2, 0.25) is 5.50 Å². The molecule has 0 amide bonds. The largest absolute Gasteiger partial charge is 0.493 e. The predicted octanol–water partition coefficient (Wildman–Crippen LogP) is 6.14. The molecule has 1 aromatic carbocycles. The SMILES string of the molecule is CC(C=C(Oc1ccc2c(c1)CCCO2)P(=O)(O)O)CCC(C)CC(C)C(C)C. The maximum absolute atomic E-state index is 12.0. The molecule has 1 heterocycles. The summed E-state index contributed by atoms with van der Waals surface area (Å²) in [5, 5.41) is 0. The molecule has 164 valence electrons. The van der Waals surface area contributed by atoms with Crippen molar-refractivity contribution < 1.29 is 23.8 Å². The van der Waals surface area contributed by atoms with Gasteiger partial charge in [-0.25, -0.2) is 0 Å². The fourth-order valence-corrected chi connectivity index (χ4v) is 4.28. The quantitative estimate of drug-likeness (QED) is 0.348. The van der Waals surface area contributed by atoms with E-state index in [1.54, 1.807) is 12.1 Å². The van der Waals surface area contributed by atoms with Crippen LogP contribution in [-0.2, 0) is 11.0 Å². The molecule has 3 unspecified atom stereocenters. The maximum atomic E-state index is 12.0. The van der Waals surface area contributed by atoms with Crippen LogP contribution in [0.25, 0.3) is 0 Å². The van der Waals surface area contributed by atoms with Gasteiger partial charge in [-0.1, -0.05) is 41.0 Å². The van der Waals surface area contributed by atoms with Crippen LogP contribution in [0.2, 0.25) is 0 Å². The van der Waals surface area contributed by atoms with Gasteiger partial charge in [0.1, 0.15) is 11.5 Å². The number of hydrogen-bond acceptors (Lipinski definition) is 3. The van der Waals surface area contributed by atoms with E-state index in [9.17, 15) is 14.4 Å². The first-order valence-corrected chi connectivity index (χ1v) is 12.4. The minimum Gasteiger partial charge on any atom is -0.493 e. The van der Waals surface area contributed by atoms with Crippen molar-refractivity contribution in [2.24, 2.45) is 23.7 Å². The Morgan fingerprint density at radius 3 is 2.59 bits per heavy atom. The molecular formula is C23H37O5P. The zero-order valence-electron chi connectivity index (χ0n) is 18.4. The van der Waals surface area contributed by atoms with Gasteiger partial charge >= 0.3 is 7.60 Å². The van der Waals surface area contributed by atoms with E-state index in [1.165, 1.54) is 6.42 Å². The van der Waals surface area contributed by atoms with E-state index >= 15 is 0 Å². The van der Waals surface area contributed by atoms with E-state index in [2.05, 4.69) is 27.7 Å². The van der Waals surface area contributed by atoms with Crippen LogP contribution in [0.15, 0.2) is 29.8 Å². The molecule has 0 bridgehead atoms. The van der Waals surface area contributed by atoms with Crippen LogP contribution < -0.4 is 9.47 Å². The molecular weight excluding hydrogens is 387 g/mol. The summed E-state index contributed by atoms with van der Waals surface area (Å²) in [6.45, 7) is 11.7. The monoisotopic (exact) mass is 424 g/mol. The van der Waals surface area contributed by atoms with Crippen molar-refractivity contribution in [2.75, 3.05) is 6.61 Å². The average Bonchev–Trinajstić information content (AvgIpc) is 2.65. The molecule has 0 radical (unpaired) electrons. The van der Waals surface area contributed by atoms with Gasteiger partial charge < -0.3 is 19.3 Å². The smallest absolute Gasteiger partial charge is 0.390 e. The van der Waals surface area contributed by atoms with E-state index < -0.39 is 7.60 Å². The molecule has 0 fully saturated rings. The highest BCUT2D eigenvalue weighted by Crippen LogP contribution is 2.47. The van der Waals surface area contributed by atoms with Crippen LogP contribution >= 0.6 is 7.60 Å². The van der Waals surface area contributed by atoms with Crippen molar-refractivity contribution in [3.05, 3.63) is 35.3 Å². The van der Waals surface area contributed by atoms with E-state index in [4.69, 9.17) is 9.47 Å². The van der Waals surface area contributed by atoms with Crippen LogP contribution in [0.5, 0.6) is 11.5 Å². The van der Waals surface area contributed by atoms with Crippen molar-refractivity contribution in [1.82, 2.24) is 0 Å². The molecule has 3 atom stereocenters. The lowest BCUT2D eigenvalue weighted by Crippen LogP contribution is -2.10. The Balaban J connectivity index is 2.02. The lowest BCUT2D eigenvalue weighted by Gasteiger charge is -2.21. The molecule has 2 rings (SSSR count). The van der Waals surface area contributed by atoms with Crippen molar-refractivity contribution >= 4 is 7.60 Å². The van der Waals surface area contributed by atoms with Gasteiger partial charge in [-0.3, -0.25) is 4.57 Å². The van der Waals surface area contributed by atoms with Crippen molar-refractivity contribution in [2.45, 2.75) is 66.7 Å². The number of hydrogen-bond donors (Lipinski definition) is 2. The molecule has 5 nitrogen and oxygen atoms in total. The third kappa shape index (κ3) is 7.81. The molecule has 1 aromatic rings. The number of ether oxygens (including phenoxy) is 2. The maximum Gasteiger partial charge on any atom is 0.390 e. The summed E-state index contributed by atoms with van der Waals surface area (Å²) in [6, 6.07) is 5.33. The second kappa shape index (κ2) is 10.7. The number of rotatable bonds is 10. The average molecular weight is 425 g/mol. The van der Waals surface area contributed by atoms with Crippen molar-refractivity contribution in [3.63, 3.8) is 0 Å². The zero-order chi connectivity index (χ0) is 21.6. The number of allylic oxidation sites excluding steroid dienone is 1. The highest BCUT2D eigenvalue weighted by molar-refractivity contribution is 7.56. The fraction of sp³-hybridized carbons (Fsp3) is 0.652. The molecule has 1 aliphatic rings. The molecule has 0 aromatic heterocycles. The van der Waals surface area contributed by atoms with Crippen LogP contribution in [0.4, 0.5) is 0 Å². The van der Waals surface area contributed by atoms with Gasteiger partial charge in [0.15, 0.2) is 0 Å². The summed E-state index contributed by atoms with van der Waals surface area (Å²) in [5.74, 6) is 3.22. The normalized spacial score (nSPS) is 18.0. The van der Waals surface area contributed by atoms with Crippen LogP contribution in [0.1, 0.15) is 65.9 Å². The summed E-state index contributed by atoms with van der Waals surface area (Å²) < 4.78 is 23.2. The van der Waals surface area contributed by atoms with Crippen molar-refractivity contribution in [3.8, 4) is 11.5 Å². The van der Waals surface area contributed by atoms with E-state index in [-0.39, 0.29) is 11.4 Å². The third-order valence-corrected chi connectivity index (χ3v) is 6.66. The van der Waals surface area contributed by atoms with Gasteiger partial charge in [-0.05, 0) is 79.2 Å². The van der Waals surface area contributed by atoms with Crippen LogP contribution in [0, 0.1) is 23.7 Å². The number of benzene rings is 1. The highest BCUT2D eigenvalue weighted by atomic mass is 31.2. The molecule has 0 spiro atoms. The van der Waals surface area contributed by atoms with E-state index in [0.717, 1.165) is 37.0 Å². The molecule has 29 heavy (non-hydrogen) atoms. The van der Waals surface area contributed by atoms with Crippen LogP contribution in [0.3, 0.4) is 0 Å². The van der Waals surface area contributed by atoms with E-state index in [0.29, 0.717) is 30.1 Å². The summed E-state index contributed by atoms with van der Waals surface area (Å²) >= 11 is 0. The topological polar surface area (TPSA) is 76.0 Å². The Labute approximate surface area is 175 Å². The zero-order valence-corrected chi connectivity index (χ0v) is 19.3. The summed E-state index contributed by atoms with van der Waals surface area (Å²) in [4.78, 5) is 19.6. The summed E-state index contributed by atoms with van der Waals surface area (Å²) in [5.41, 5.74) is 0.754. The first-order chi connectivity index (χ1) is 13.6. The molecule has 2 N–H and O–H groups in total. The summed E-state index contributed by atoms with van der Waals surface area (Å²) in [6.07, 6.45) is 6.48. The Morgan fingerprint density at radius 1 is 1.21 bits per heavy atom. The van der Waals surface area contributed by atoms with Gasteiger partial charge in [-0.2, -0.15) is 0 Å². The lowest BCUT2D eigenvalue weighted by molar-refractivity contribution is 0.287. The van der Waals surface area contributed by atoms with Gasteiger partial charge in [0, 0.05) is 0 Å². The van der Waals surface area contributed by atoms with Crippen LogP contribution in [-0.4, -0.2) is 16.4 Å². The lowest BCUT2D eigenvalue weighted by atomic mass is 9.85. The Kier molecular flexibility index (Phi) is 8.81. The fourth-order valence-electron chi connectivity index (χ4n) is 3.61. The number of fused-ring (bicyclic) bond motifs is 1. The first kappa shape index (κ1) is 24.0. The minimum absolute atomic E-state index is 0.0235. The van der Waals surface area contributed by atoms with Crippen molar-refractivity contribution in [1.29, 1.82) is 0 Å². The standard InChI is InChI=1S/C23H37O5P/c1-16(2)19(5)13-17(3)8-9-18(4)14-23(29(24,25)26)28-21-10-11-22-20(15-21)7-6-12-27-22/h10-11,14-19H,6-9,12-13H2,1-5H3,(H2,24,25,26). The number of aryl methyl sites for hydroxylation is 1. The molecule has 0 aliphatic carbocycles. The first-order valence-electron chi connectivity index (χ1n) is 10.8. The van der Waals surface area contributed by atoms with Gasteiger partial charge in [0.05, 0.1) is 6.61 Å². The summed E-state index contributed by atoms with van der Waals surface area (Å²) in [7, 11) is -4.50. The minimum atomic E-state index is -4.50. The van der Waals surface area contributed by atoms with E-state index in [1.807, 2.05) is 19.1 Å². The van der Waals surface area contributed by atoms with Gasteiger partial charge in [0.25, 0.3) is 0 Å². The molecule has 6 heteroatoms. The second-order valence-electron chi connectivity index (χ2n) is 8.99. The molecule has 1 aliphatic heterocycles. The third-order valence-electron chi connectivity index (χ3n) is 5.84. The predicted molar refractivity (Wildman–Crippen MR) is 117 cm³/mol. The highest BCUT2D eigenvalue weighted by Gasteiger charge is 2.25. The van der Waals surface area contributed by atoms with Gasteiger partial charge in [-0.15, -0.1) is 0 Å². The molecule has 0 saturated carbocycles. The Morgan fingerprint density at radius 2 is 1.93 bits per heavy atom. The Hall–Kier alpha value is -1.29. The second-order valence-corrected chi connectivity index (χ2v) is 10.5. The molecule has 0 saturated heterocycles.